The number of rotatable bonds is 5. The molecule has 0 aliphatic carbocycles. The van der Waals surface area contributed by atoms with E-state index in [-0.39, 0.29) is 15.1 Å². The van der Waals surface area contributed by atoms with Gasteiger partial charge in [0.15, 0.2) is 15.5 Å². The van der Waals surface area contributed by atoms with Gasteiger partial charge in [0.25, 0.3) is 0 Å². The van der Waals surface area contributed by atoms with E-state index < -0.39 is 34.2 Å². The first kappa shape index (κ1) is 22.0. The van der Waals surface area contributed by atoms with Crippen LogP contribution in [0, 0.1) is 0 Å². The summed E-state index contributed by atoms with van der Waals surface area (Å²) in [6.45, 7) is -0.748. The first-order chi connectivity index (χ1) is 13.9. The number of hydrogen-bond donors (Lipinski definition) is 1. The Morgan fingerprint density at radius 3 is 2.23 bits per heavy atom. The van der Waals surface area contributed by atoms with Crippen molar-refractivity contribution in [3.8, 4) is 22.4 Å². The van der Waals surface area contributed by atoms with Crippen LogP contribution in [-0.4, -0.2) is 35.5 Å². The zero-order chi connectivity index (χ0) is 22.3. The number of benzene rings is 2. The van der Waals surface area contributed by atoms with Gasteiger partial charge in [0, 0.05) is 11.8 Å². The SMILES string of the molecule is CS(=O)(=O)c1cccc(-c2ccc(-c3c(Br)c(C(F)(F)F)nn3CC(=O)O)cc2)c1. The van der Waals surface area contributed by atoms with Gasteiger partial charge < -0.3 is 5.11 Å². The predicted octanol–water partition coefficient (Wildman–Crippen LogP) is 4.49. The zero-order valence-electron chi connectivity index (χ0n) is 15.3. The maximum Gasteiger partial charge on any atom is 0.436 e. The van der Waals surface area contributed by atoms with Gasteiger partial charge in [-0.05, 0) is 39.2 Å². The lowest BCUT2D eigenvalue weighted by molar-refractivity contribution is -0.143. The van der Waals surface area contributed by atoms with E-state index in [1.807, 2.05) is 0 Å². The van der Waals surface area contributed by atoms with Crippen molar-refractivity contribution in [2.75, 3.05) is 6.26 Å². The lowest BCUT2D eigenvalue weighted by atomic mass is 10.0. The monoisotopic (exact) mass is 502 g/mol. The van der Waals surface area contributed by atoms with Crippen LogP contribution in [0.2, 0.25) is 0 Å². The van der Waals surface area contributed by atoms with E-state index in [9.17, 15) is 26.4 Å². The van der Waals surface area contributed by atoms with Gasteiger partial charge in [0.1, 0.15) is 6.54 Å². The Bertz CT molecular complexity index is 1220. The van der Waals surface area contributed by atoms with Crippen molar-refractivity contribution in [2.45, 2.75) is 17.6 Å². The summed E-state index contributed by atoms with van der Waals surface area (Å²) in [7, 11) is -3.40. The molecule has 0 atom stereocenters. The summed E-state index contributed by atoms with van der Waals surface area (Å²) < 4.78 is 63.5. The average Bonchev–Trinajstić information content (AvgIpc) is 2.97. The van der Waals surface area contributed by atoms with Gasteiger partial charge in [-0.15, -0.1) is 0 Å². The highest BCUT2D eigenvalue weighted by atomic mass is 79.9. The highest BCUT2D eigenvalue weighted by Gasteiger charge is 2.39. The number of hydrogen-bond acceptors (Lipinski definition) is 4. The number of aliphatic carboxylic acids is 1. The number of halogens is 4. The fourth-order valence-electron chi connectivity index (χ4n) is 2.87. The minimum atomic E-state index is -4.76. The molecule has 0 aliphatic heterocycles. The molecule has 0 saturated carbocycles. The van der Waals surface area contributed by atoms with E-state index in [4.69, 9.17) is 5.11 Å². The molecule has 158 valence electrons. The zero-order valence-corrected chi connectivity index (χ0v) is 17.7. The van der Waals surface area contributed by atoms with Crippen LogP contribution in [0.4, 0.5) is 13.2 Å². The first-order valence-corrected chi connectivity index (χ1v) is 11.0. The number of carboxylic acids is 1. The van der Waals surface area contributed by atoms with Gasteiger partial charge in [-0.1, -0.05) is 36.4 Å². The van der Waals surface area contributed by atoms with Crippen LogP contribution in [0.5, 0.6) is 0 Å². The fraction of sp³-hybridized carbons (Fsp3) is 0.158. The van der Waals surface area contributed by atoms with Gasteiger partial charge in [-0.25, -0.2) is 8.42 Å². The third kappa shape index (κ3) is 4.57. The molecule has 1 heterocycles. The molecule has 0 unspecified atom stereocenters. The van der Waals surface area contributed by atoms with Crippen molar-refractivity contribution in [2.24, 2.45) is 0 Å². The van der Waals surface area contributed by atoms with Crippen LogP contribution < -0.4 is 0 Å². The molecule has 2 aromatic carbocycles. The molecular formula is C19H14BrF3N2O4S. The van der Waals surface area contributed by atoms with Crippen molar-refractivity contribution in [1.82, 2.24) is 9.78 Å². The summed E-state index contributed by atoms with van der Waals surface area (Å²) in [4.78, 5) is 11.2. The van der Waals surface area contributed by atoms with Crippen molar-refractivity contribution in [1.29, 1.82) is 0 Å². The Balaban J connectivity index is 2.07. The van der Waals surface area contributed by atoms with E-state index >= 15 is 0 Å². The van der Waals surface area contributed by atoms with E-state index in [0.717, 1.165) is 10.9 Å². The number of alkyl halides is 3. The summed E-state index contributed by atoms with van der Waals surface area (Å²) in [6.07, 6.45) is -3.67. The van der Waals surface area contributed by atoms with Crippen molar-refractivity contribution in [3.63, 3.8) is 0 Å². The Kier molecular flexibility index (Phi) is 5.79. The molecule has 0 spiro atoms. The average molecular weight is 503 g/mol. The summed E-state index contributed by atoms with van der Waals surface area (Å²) in [6, 6.07) is 12.5. The van der Waals surface area contributed by atoms with Crippen LogP contribution in [0.3, 0.4) is 0 Å². The second-order valence-electron chi connectivity index (χ2n) is 6.44. The molecule has 0 bridgehead atoms. The number of nitrogens with zero attached hydrogens (tertiary/aromatic N) is 2. The normalized spacial score (nSPS) is 12.2. The van der Waals surface area contributed by atoms with E-state index in [1.165, 1.54) is 24.3 Å². The summed E-state index contributed by atoms with van der Waals surface area (Å²) >= 11 is 2.90. The Morgan fingerprint density at radius 1 is 1.10 bits per heavy atom. The maximum absolute atomic E-state index is 13.2. The number of sulfone groups is 1. The van der Waals surface area contributed by atoms with Gasteiger partial charge >= 0.3 is 12.1 Å². The summed E-state index contributed by atoms with van der Waals surface area (Å²) in [5.74, 6) is -1.34. The summed E-state index contributed by atoms with van der Waals surface area (Å²) in [5, 5.41) is 12.4. The van der Waals surface area contributed by atoms with Gasteiger partial charge in [0.2, 0.25) is 0 Å². The predicted molar refractivity (Wildman–Crippen MR) is 107 cm³/mol. The molecule has 3 rings (SSSR count). The van der Waals surface area contributed by atoms with Crippen LogP contribution in [-0.2, 0) is 27.4 Å². The topological polar surface area (TPSA) is 89.3 Å². The molecule has 0 amide bonds. The van der Waals surface area contributed by atoms with Crippen LogP contribution >= 0.6 is 15.9 Å². The molecule has 1 N–H and O–H groups in total. The van der Waals surface area contributed by atoms with Crippen LogP contribution in [0.1, 0.15) is 5.69 Å². The Hall–Kier alpha value is -2.66. The molecule has 6 nitrogen and oxygen atoms in total. The smallest absolute Gasteiger partial charge is 0.436 e. The van der Waals surface area contributed by atoms with Crippen molar-refractivity contribution < 1.29 is 31.5 Å². The molecule has 0 fully saturated rings. The molecule has 11 heteroatoms. The largest absolute Gasteiger partial charge is 0.480 e. The van der Waals surface area contributed by atoms with E-state index in [0.29, 0.717) is 16.7 Å². The second-order valence-corrected chi connectivity index (χ2v) is 9.25. The van der Waals surface area contributed by atoms with E-state index in [2.05, 4.69) is 21.0 Å². The van der Waals surface area contributed by atoms with Crippen molar-refractivity contribution in [3.05, 3.63) is 58.7 Å². The maximum atomic E-state index is 13.2. The number of carboxylic acid groups (broad SMARTS) is 1. The van der Waals surface area contributed by atoms with Crippen LogP contribution in [0.15, 0.2) is 57.9 Å². The quantitative estimate of drug-likeness (QED) is 0.555. The van der Waals surface area contributed by atoms with Crippen molar-refractivity contribution >= 4 is 31.7 Å². The number of aromatic nitrogens is 2. The summed E-state index contributed by atoms with van der Waals surface area (Å²) in [5.41, 5.74) is 0.318. The molecule has 0 radical (unpaired) electrons. The standard InChI is InChI=1S/C19H14BrF3N2O4S/c1-30(28,29)14-4-2-3-13(9-14)11-5-7-12(8-6-11)17-16(20)18(19(21,22)23)24-25(17)10-15(26)27/h2-9H,10H2,1H3,(H,26,27). The minimum absolute atomic E-state index is 0.0267. The van der Waals surface area contributed by atoms with Gasteiger partial charge in [-0.3, -0.25) is 9.48 Å². The Labute approximate surface area is 178 Å². The van der Waals surface area contributed by atoms with Gasteiger partial charge in [-0.2, -0.15) is 18.3 Å². The molecule has 30 heavy (non-hydrogen) atoms. The molecule has 1 aromatic heterocycles. The molecule has 0 aliphatic rings. The highest BCUT2D eigenvalue weighted by Crippen LogP contribution is 2.40. The third-order valence-corrected chi connectivity index (χ3v) is 6.06. The molecule has 0 saturated heterocycles. The molecular weight excluding hydrogens is 489 g/mol. The number of carbonyl (C=O) groups is 1. The van der Waals surface area contributed by atoms with Crippen LogP contribution in [0.25, 0.3) is 22.4 Å². The third-order valence-electron chi connectivity index (χ3n) is 4.20. The lowest BCUT2D eigenvalue weighted by Crippen LogP contribution is -2.13. The first-order valence-electron chi connectivity index (χ1n) is 8.34. The second kappa shape index (κ2) is 7.88. The minimum Gasteiger partial charge on any atom is -0.480 e. The highest BCUT2D eigenvalue weighted by molar-refractivity contribution is 9.10. The lowest BCUT2D eigenvalue weighted by Gasteiger charge is -2.08. The fourth-order valence-corrected chi connectivity index (χ4v) is 4.27. The Morgan fingerprint density at radius 2 is 1.70 bits per heavy atom. The van der Waals surface area contributed by atoms with Gasteiger partial charge in [0.05, 0.1) is 15.1 Å². The molecule has 3 aromatic rings. The van der Waals surface area contributed by atoms with E-state index in [1.54, 1.807) is 24.3 Å².